The highest BCUT2D eigenvalue weighted by Crippen LogP contribution is 2.25. The standard InChI is InChI=1S/C7H13N5S/c1-12-4-5(2-3-9-12)6-10-11-7(8)13-6/h5,9H,2-4H2,1H3,(H2,8,11). The van der Waals surface area contributed by atoms with Crippen LogP contribution in [0.3, 0.4) is 0 Å². The molecule has 1 aromatic heterocycles. The average molecular weight is 199 g/mol. The predicted molar refractivity (Wildman–Crippen MR) is 52.3 cm³/mol. The number of hydrazine groups is 1. The van der Waals surface area contributed by atoms with E-state index in [2.05, 4.69) is 20.6 Å². The van der Waals surface area contributed by atoms with Crippen molar-refractivity contribution in [2.45, 2.75) is 12.3 Å². The van der Waals surface area contributed by atoms with Crippen LogP contribution < -0.4 is 11.2 Å². The Morgan fingerprint density at radius 3 is 3.08 bits per heavy atom. The molecule has 2 rings (SSSR count). The Bertz CT molecular complexity index is 286. The number of nitrogens with one attached hydrogen (secondary N) is 1. The highest BCUT2D eigenvalue weighted by atomic mass is 32.1. The van der Waals surface area contributed by atoms with E-state index in [1.165, 1.54) is 11.3 Å². The summed E-state index contributed by atoms with van der Waals surface area (Å²) in [7, 11) is 2.04. The van der Waals surface area contributed by atoms with Crippen molar-refractivity contribution in [3.63, 3.8) is 0 Å². The molecule has 0 aromatic carbocycles. The molecule has 13 heavy (non-hydrogen) atoms. The minimum absolute atomic E-state index is 0.487. The maximum atomic E-state index is 5.54. The topological polar surface area (TPSA) is 67.1 Å². The molecule has 1 saturated heterocycles. The van der Waals surface area contributed by atoms with Gasteiger partial charge in [-0.05, 0) is 6.42 Å². The molecule has 1 aromatic rings. The molecule has 5 nitrogen and oxygen atoms in total. The molecule has 0 saturated carbocycles. The van der Waals surface area contributed by atoms with Crippen LogP contribution >= 0.6 is 11.3 Å². The maximum Gasteiger partial charge on any atom is 0.203 e. The van der Waals surface area contributed by atoms with Crippen LogP contribution in [0.15, 0.2) is 0 Å². The summed E-state index contributed by atoms with van der Waals surface area (Å²) < 4.78 is 0. The van der Waals surface area contributed by atoms with Crippen molar-refractivity contribution in [1.82, 2.24) is 20.6 Å². The largest absolute Gasteiger partial charge is 0.374 e. The van der Waals surface area contributed by atoms with Crippen LogP contribution in [0.2, 0.25) is 0 Å². The van der Waals surface area contributed by atoms with Crippen LogP contribution in [-0.4, -0.2) is 35.3 Å². The van der Waals surface area contributed by atoms with Gasteiger partial charge in [0, 0.05) is 26.1 Å². The number of anilines is 1. The monoisotopic (exact) mass is 199 g/mol. The Kier molecular flexibility index (Phi) is 2.43. The molecule has 1 aliphatic heterocycles. The van der Waals surface area contributed by atoms with Gasteiger partial charge in [-0.3, -0.25) is 5.43 Å². The van der Waals surface area contributed by atoms with Gasteiger partial charge in [-0.15, -0.1) is 10.2 Å². The van der Waals surface area contributed by atoms with Gasteiger partial charge in [0.05, 0.1) is 0 Å². The summed E-state index contributed by atoms with van der Waals surface area (Å²) in [4.78, 5) is 0. The van der Waals surface area contributed by atoms with Crippen molar-refractivity contribution in [3.05, 3.63) is 5.01 Å². The number of nitrogen functional groups attached to an aromatic ring is 1. The second kappa shape index (κ2) is 3.57. The van der Waals surface area contributed by atoms with Crippen LogP contribution in [-0.2, 0) is 0 Å². The molecule has 1 fully saturated rings. The molecule has 0 aliphatic carbocycles. The lowest BCUT2D eigenvalue weighted by atomic mass is 10.1. The summed E-state index contributed by atoms with van der Waals surface area (Å²) >= 11 is 1.50. The van der Waals surface area contributed by atoms with E-state index in [4.69, 9.17) is 5.73 Å². The minimum atomic E-state index is 0.487. The second-order valence-corrected chi connectivity index (χ2v) is 4.29. The molecule has 0 bridgehead atoms. The number of hydrogen-bond acceptors (Lipinski definition) is 6. The molecule has 72 valence electrons. The Balaban J connectivity index is 2.08. The highest BCUT2D eigenvalue weighted by molar-refractivity contribution is 7.15. The summed E-state index contributed by atoms with van der Waals surface area (Å²) in [5.41, 5.74) is 8.78. The van der Waals surface area contributed by atoms with Crippen molar-refractivity contribution in [2.24, 2.45) is 0 Å². The summed E-state index contributed by atoms with van der Waals surface area (Å²) in [6, 6.07) is 0. The van der Waals surface area contributed by atoms with E-state index in [0.717, 1.165) is 24.5 Å². The first-order chi connectivity index (χ1) is 6.25. The fourth-order valence-corrected chi connectivity index (χ4v) is 2.27. The number of likely N-dealkylation sites (N-methyl/N-ethyl adjacent to an activating group) is 1. The summed E-state index contributed by atoms with van der Waals surface area (Å²) in [6.45, 7) is 1.98. The third-order valence-electron chi connectivity index (χ3n) is 2.17. The first-order valence-electron chi connectivity index (χ1n) is 4.29. The van der Waals surface area contributed by atoms with Crippen LogP contribution in [0.4, 0.5) is 5.13 Å². The fourth-order valence-electron chi connectivity index (χ4n) is 1.53. The maximum absolute atomic E-state index is 5.54. The second-order valence-electron chi connectivity index (χ2n) is 3.25. The van der Waals surface area contributed by atoms with Gasteiger partial charge in [0.25, 0.3) is 0 Å². The summed E-state index contributed by atoms with van der Waals surface area (Å²) in [5.74, 6) is 0.487. The van der Waals surface area contributed by atoms with Crippen molar-refractivity contribution in [1.29, 1.82) is 0 Å². The smallest absolute Gasteiger partial charge is 0.203 e. The van der Waals surface area contributed by atoms with Crippen molar-refractivity contribution < 1.29 is 0 Å². The average Bonchev–Trinajstić information content (AvgIpc) is 2.52. The molecule has 1 unspecified atom stereocenters. The molecule has 2 heterocycles. The zero-order chi connectivity index (χ0) is 9.26. The Morgan fingerprint density at radius 1 is 1.62 bits per heavy atom. The van der Waals surface area contributed by atoms with E-state index < -0.39 is 0 Å². The SMILES string of the molecule is CN1CC(c2nnc(N)s2)CCN1. The quantitative estimate of drug-likeness (QED) is 0.668. The summed E-state index contributed by atoms with van der Waals surface area (Å²) in [6.07, 6.45) is 1.11. The van der Waals surface area contributed by atoms with E-state index >= 15 is 0 Å². The van der Waals surface area contributed by atoms with Crippen molar-refractivity contribution >= 4 is 16.5 Å². The highest BCUT2D eigenvalue weighted by Gasteiger charge is 2.21. The molecule has 1 aliphatic rings. The van der Waals surface area contributed by atoms with Crippen LogP contribution in [0.25, 0.3) is 0 Å². The van der Waals surface area contributed by atoms with Gasteiger partial charge in [-0.1, -0.05) is 11.3 Å². The number of aromatic nitrogens is 2. The zero-order valence-electron chi connectivity index (χ0n) is 7.53. The molecular formula is C7H13N5S. The van der Waals surface area contributed by atoms with Gasteiger partial charge in [0.15, 0.2) is 0 Å². The summed E-state index contributed by atoms with van der Waals surface area (Å²) in [5, 5.41) is 11.6. The van der Waals surface area contributed by atoms with Crippen LogP contribution in [0, 0.1) is 0 Å². The van der Waals surface area contributed by atoms with Crippen molar-refractivity contribution in [2.75, 3.05) is 25.9 Å². The lowest BCUT2D eigenvalue weighted by Gasteiger charge is -2.28. The molecule has 0 spiro atoms. The van der Waals surface area contributed by atoms with Gasteiger partial charge in [0.2, 0.25) is 5.13 Å². The molecule has 3 N–H and O–H groups in total. The van der Waals surface area contributed by atoms with E-state index in [-0.39, 0.29) is 0 Å². The van der Waals surface area contributed by atoms with Gasteiger partial charge in [-0.2, -0.15) is 0 Å². The van der Waals surface area contributed by atoms with Crippen LogP contribution in [0.5, 0.6) is 0 Å². The molecule has 1 atom stereocenters. The first kappa shape index (κ1) is 8.86. The molecule has 0 radical (unpaired) electrons. The fraction of sp³-hybridized carbons (Fsp3) is 0.714. The number of rotatable bonds is 1. The Labute approximate surface area is 80.9 Å². The van der Waals surface area contributed by atoms with Gasteiger partial charge in [-0.25, -0.2) is 5.01 Å². The number of nitrogens with two attached hydrogens (primary N) is 1. The third kappa shape index (κ3) is 1.96. The van der Waals surface area contributed by atoms with Crippen LogP contribution in [0.1, 0.15) is 17.3 Å². The first-order valence-corrected chi connectivity index (χ1v) is 5.11. The van der Waals surface area contributed by atoms with Gasteiger partial charge in [0.1, 0.15) is 5.01 Å². The van der Waals surface area contributed by atoms with E-state index in [0.29, 0.717) is 11.0 Å². The molecular weight excluding hydrogens is 186 g/mol. The normalized spacial score (nSPS) is 24.8. The zero-order valence-corrected chi connectivity index (χ0v) is 8.34. The number of nitrogens with zero attached hydrogens (tertiary/aromatic N) is 3. The number of hydrogen-bond donors (Lipinski definition) is 2. The Morgan fingerprint density at radius 2 is 2.46 bits per heavy atom. The predicted octanol–water partition coefficient (Wildman–Crippen LogP) is 0.0440. The third-order valence-corrected chi connectivity index (χ3v) is 3.09. The van der Waals surface area contributed by atoms with Crippen molar-refractivity contribution in [3.8, 4) is 0 Å². The Hall–Kier alpha value is -0.720. The minimum Gasteiger partial charge on any atom is -0.374 e. The lowest BCUT2D eigenvalue weighted by Crippen LogP contribution is -2.43. The van der Waals surface area contributed by atoms with E-state index in [9.17, 15) is 0 Å². The molecule has 6 heteroatoms. The lowest BCUT2D eigenvalue weighted by molar-refractivity contribution is 0.175. The van der Waals surface area contributed by atoms with Gasteiger partial charge >= 0.3 is 0 Å². The molecule has 0 amide bonds. The van der Waals surface area contributed by atoms with E-state index in [1.807, 2.05) is 7.05 Å². The van der Waals surface area contributed by atoms with Gasteiger partial charge < -0.3 is 5.73 Å². The van der Waals surface area contributed by atoms with E-state index in [1.54, 1.807) is 0 Å².